The summed E-state index contributed by atoms with van der Waals surface area (Å²) < 4.78 is 70.1. The topological polar surface area (TPSA) is 102 Å². The molecule has 45 heavy (non-hydrogen) atoms. The van der Waals surface area contributed by atoms with Gasteiger partial charge in [0.15, 0.2) is 11.5 Å². The Morgan fingerprint density at radius 1 is 1.09 bits per heavy atom. The molecule has 1 saturated heterocycles. The van der Waals surface area contributed by atoms with E-state index >= 15 is 0 Å². The van der Waals surface area contributed by atoms with Crippen LogP contribution in [0.15, 0.2) is 69.6 Å². The molecule has 244 valence electrons. The van der Waals surface area contributed by atoms with E-state index in [1.165, 1.54) is 47.4 Å². The third kappa shape index (κ3) is 8.75. The molecule has 1 amide bonds. The van der Waals surface area contributed by atoms with Crippen LogP contribution in [0, 0.1) is 11.8 Å². The Morgan fingerprint density at radius 2 is 1.78 bits per heavy atom. The van der Waals surface area contributed by atoms with Gasteiger partial charge >= 0.3 is 12.6 Å². The lowest BCUT2D eigenvalue weighted by atomic mass is 9.99. The monoisotopic (exact) mass is 686 g/mol. The molecule has 9 nitrogen and oxygen atoms in total. The first-order valence-corrected chi connectivity index (χ1v) is 16.3. The highest BCUT2D eigenvalue weighted by molar-refractivity contribution is 7.89. The van der Waals surface area contributed by atoms with Crippen molar-refractivity contribution in [2.45, 2.75) is 43.8 Å². The molecule has 2 fully saturated rings. The lowest BCUT2D eigenvalue weighted by molar-refractivity contribution is -0.158. The van der Waals surface area contributed by atoms with Gasteiger partial charge in [-0.1, -0.05) is 41.9 Å². The number of sulfonamides is 1. The standard InChI is InChI=1S/C31H34Cl2F2N2O7S/c1-18(32)25(19(2)33)14-27(21-10-11-26(44-31(34)35)28(13-21)42-17-20-8-9-20)43-30(39)23-15-37(16-23)45(40,41)24-7-5-6-22(12-24)29(38)36(3)4/h5-7,10-13,20,23,27,31H,1,8-9,14-17H2,2-4H3/b25-19+/t27-/m0/s1. The van der Waals surface area contributed by atoms with Crippen molar-refractivity contribution in [2.75, 3.05) is 33.8 Å². The predicted octanol–water partition coefficient (Wildman–Crippen LogP) is 6.34. The molecule has 1 atom stereocenters. The maximum Gasteiger partial charge on any atom is 0.387 e. The van der Waals surface area contributed by atoms with Gasteiger partial charge in [-0.05, 0) is 67.2 Å². The SMILES string of the molecule is C=C(Cl)/C(C[C@H](OC(=O)C1CN(S(=O)(=O)c2cccc(C(=O)N(C)C)c2)C1)c1ccc(OC(F)F)c(OCC2CC2)c1)=C(\C)Cl. The van der Waals surface area contributed by atoms with E-state index < -0.39 is 34.6 Å². The lowest BCUT2D eigenvalue weighted by Crippen LogP contribution is -2.53. The molecule has 1 aliphatic heterocycles. The number of allylic oxidation sites excluding steroid dienone is 2. The Balaban J connectivity index is 1.53. The summed E-state index contributed by atoms with van der Waals surface area (Å²) in [4.78, 5) is 26.9. The van der Waals surface area contributed by atoms with Gasteiger partial charge in [0.05, 0.1) is 17.4 Å². The van der Waals surface area contributed by atoms with Gasteiger partial charge in [-0.3, -0.25) is 9.59 Å². The highest BCUT2D eigenvalue weighted by Crippen LogP contribution is 2.39. The van der Waals surface area contributed by atoms with E-state index in [0.717, 1.165) is 17.1 Å². The number of halogens is 4. The van der Waals surface area contributed by atoms with Crippen LogP contribution in [0.4, 0.5) is 8.78 Å². The van der Waals surface area contributed by atoms with Gasteiger partial charge in [-0.15, -0.1) is 0 Å². The zero-order valence-corrected chi connectivity index (χ0v) is 27.3. The van der Waals surface area contributed by atoms with Crippen LogP contribution >= 0.6 is 23.2 Å². The fraction of sp³-hybridized carbons (Fsp3) is 0.419. The van der Waals surface area contributed by atoms with Gasteiger partial charge in [0.25, 0.3) is 5.91 Å². The lowest BCUT2D eigenvalue weighted by Gasteiger charge is -2.37. The zero-order valence-electron chi connectivity index (χ0n) is 25.0. The van der Waals surface area contributed by atoms with Gasteiger partial charge in [-0.25, -0.2) is 8.42 Å². The summed E-state index contributed by atoms with van der Waals surface area (Å²) in [5, 5.41) is 0.442. The van der Waals surface area contributed by atoms with Gasteiger partial charge in [0.1, 0.15) is 6.10 Å². The molecule has 0 aromatic heterocycles. The summed E-state index contributed by atoms with van der Waals surface area (Å²) in [6.45, 7) is 2.29. The van der Waals surface area contributed by atoms with Crippen molar-refractivity contribution in [1.29, 1.82) is 0 Å². The predicted molar refractivity (Wildman–Crippen MR) is 165 cm³/mol. The average Bonchev–Trinajstić information content (AvgIpc) is 3.77. The van der Waals surface area contributed by atoms with Crippen LogP contribution in [0.1, 0.15) is 48.2 Å². The molecule has 1 saturated carbocycles. The van der Waals surface area contributed by atoms with E-state index in [1.54, 1.807) is 21.0 Å². The van der Waals surface area contributed by atoms with Crippen molar-refractivity contribution in [3.63, 3.8) is 0 Å². The fourth-order valence-electron chi connectivity index (χ4n) is 4.59. The number of ether oxygens (including phenoxy) is 3. The Bertz CT molecular complexity index is 1590. The zero-order chi connectivity index (χ0) is 33.1. The summed E-state index contributed by atoms with van der Waals surface area (Å²) >= 11 is 12.4. The van der Waals surface area contributed by atoms with Crippen molar-refractivity contribution in [1.82, 2.24) is 9.21 Å². The number of hydrogen-bond donors (Lipinski definition) is 0. The van der Waals surface area contributed by atoms with Gasteiger partial charge in [0.2, 0.25) is 10.0 Å². The minimum Gasteiger partial charge on any atom is -0.489 e. The number of benzene rings is 2. The minimum atomic E-state index is -3.99. The number of carbonyl (C=O) groups excluding carboxylic acids is 2. The molecule has 0 unspecified atom stereocenters. The molecular weight excluding hydrogens is 653 g/mol. The summed E-state index contributed by atoms with van der Waals surface area (Å²) in [5.74, 6) is -1.59. The maximum atomic E-state index is 13.3. The largest absolute Gasteiger partial charge is 0.489 e. The van der Waals surface area contributed by atoms with E-state index in [2.05, 4.69) is 11.3 Å². The number of esters is 1. The second-order valence-electron chi connectivity index (χ2n) is 11.1. The summed E-state index contributed by atoms with van der Waals surface area (Å²) in [6, 6.07) is 9.93. The number of nitrogens with zero attached hydrogens (tertiary/aromatic N) is 2. The normalized spacial score (nSPS) is 16.8. The van der Waals surface area contributed by atoms with Crippen LogP contribution in [0.5, 0.6) is 11.5 Å². The Hall–Kier alpha value is -3.19. The second-order valence-corrected chi connectivity index (χ2v) is 14.1. The molecule has 0 bridgehead atoms. The smallest absolute Gasteiger partial charge is 0.387 e. The Kier molecular flexibility index (Phi) is 11.2. The van der Waals surface area contributed by atoms with Crippen molar-refractivity contribution < 1.29 is 41.0 Å². The first-order chi connectivity index (χ1) is 21.2. The molecule has 0 radical (unpaired) electrons. The highest BCUT2D eigenvalue weighted by atomic mass is 35.5. The van der Waals surface area contributed by atoms with Crippen molar-refractivity contribution in [2.24, 2.45) is 11.8 Å². The van der Waals surface area contributed by atoms with E-state index in [4.69, 9.17) is 32.7 Å². The molecule has 4 rings (SSSR count). The molecular formula is C31H34Cl2F2N2O7S. The first kappa shape index (κ1) is 34.7. The van der Waals surface area contributed by atoms with Crippen LogP contribution in [0.3, 0.4) is 0 Å². The number of hydrogen-bond acceptors (Lipinski definition) is 7. The molecule has 2 aromatic rings. The van der Waals surface area contributed by atoms with E-state index in [1.807, 2.05) is 0 Å². The van der Waals surface area contributed by atoms with Gasteiger partial charge < -0.3 is 19.1 Å². The fourth-order valence-corrected chi connectivity index (χ4v) is 6.63. The molecule has 0 N–H and O–H groups in total. The number of alkyl halides is 2. The molecule has 2 aliphatic rings. The minimum absolute atomic E-state index is 0.00194. The summed E-state index contributed by atoms with van der Waals surface area (Å²) in [7, 11) is -0.869. The molecule has 0 spiro atoms. The average molecular weight is 688 g/mol. The van der Waals surface area contributed by atoms with Gasteiger partial charge in [0, 0.05) is 49.2 Å². The number of carbonyl (C=O) groups is 2. The van der Waals surface area contributed by atoms with Crippen LogP contribution in [0.25, 0.3) is 0 Å². The number of amides is 1. The van der Waals surface area contributed by atoms with Gasteiger partial charge in [-0.2, -0.15) is 13.1 Å². The Labute approximate surface area is 271 Å². The van der Waals surface area contributed by atoms with E-state index in [9.17, 15) is 26.8 Å². The van der Waals surface area contributed by atoms with E-state index in [0.29, 0.717) is 28.7 Å². The molecule has 2 aromatic carbocycles. The van der Waals surface area contributed by atoms with Crippen molar-refractivity contribution in [3.8, 4) is 11.5 Å². The highest BCUT2D eigenvalue weighted by Gasteiger charge is 2.42. The Morgan fingerprint density at radius 3 is 2.36 bits per heavy atom. The molecule has 1 aliphatic carbocycles. The van der Waals surface area contributed by atoms with E-state index in [-0.39, 0.29) is 52.4 Å². The second kappa shape index (κ2) is 14.5. The summed E-state index contributed by atoms with van der Waals surface area (Å²) in [5.41, 5.74) is 1.02. The quantitative estimate of drug-likeness (QED) is 0.169. The third-order valence-electron chi connectivity index (χ3n) is 7.42. The van der Waals surface area contributed by atoms with Crippen LogP contribution in [-0.4, -0.2) is 69.9 Å². The molecule has 1 heterocycles. The van der Waals surface area contributed by atoms with Crippen LogP contribution < -0.4 is 9.47 Å². The summed E-state index contributed by atoms with van der Waals surface area (Å²) in [6.07, 6.45) is 0.946. The molecule has 14 heteroatoms. The third-order valence-corrected chi connectivity index (χ3v) is 9.71. The first-order valence-electron chi connectivity index (χ1n) is 14.1. The van der Waals surface area contributed by atoms with Crippen molar-refractivity contribution in [3.05, 3.63) is 75.8 Å². The maximum absolute atomic E-state index is 13.3. The van der Waals surface area contributed by atoms with Crippen LogP contribution in [0.2, 0.25) is 0 Å². The van der Waals surface area contributed by atoms with Crippen molar-refractivity contribution >= 4 is 45.1 Å². The number of rotatable bonds is 14. The van der Waals surface area contributed by atoms with Crippen LogP contribution in [-0.2, 0) is 19.6 Å².